The van der Waals surface area contributed by atoms with E-state index in [1.54, 1.807) is 0 Å². The third-order valence-corrected chi connectivity index (χ3v) is 2.16. The van der Waals surface area contributed by atoms with Gasteiger partial charge in [-0.15, -0.1) is 0 Å². The summed E-state index contributed by atoms with van der Waals surface area (Å²) in [7, 11) is 0. The summed E-state index contributed by atoms with van der Waals surface area (Å²) in [5, 5.41) is 0. The molecule has 10 heteroatoms. The molecule has 0 radical (unpaired) electrons. The van der Waals surface area contributed by atoms with Crippen molar-refractivity contribution >= 4 is 22.6 Å². The molecule has 0 aliphatic heterocycles. The van der Waals surface area contributed by atoms with E-state index in [1.165, 1.54) is 0 Å². The van der Waals surface area contributed by atoms with Crippen molar-refractivity contribution in [2.45, 2.75) is 23.9 Å². The summed E-state index contributed by atoms with van der Waals surface area (Å²) < 4.78 is 107. The van der Waals surface area contributed by atoms with Crippen molar-refractivity contribution in [3.05, 3.63) is 10.2 Å². The lowest BCUT2D eigenvalue weighted by Gasteiger charge is -2.33. The molecule has 0 bridgehead atoms. The predicted molar refractivity (Wildman–Crippen MR) is 44.1 cm³/mol. The summed E-state index contributed by atoms with van der Waals surface area (Å²) in [6.45, 7) is 2.24. The minimum Gasteiger partial charge on any atom is -0.194 e. The van der Waals surface area contributed by atoms with Crippen LogP contribution in [-0.2, 0) is 0 Å². The standard InChI is InChI=1S/C6H2F9I/c1-2(16)3(7,8)4(9,10)5(11,12)6(13,14)15/h1H2. The van der Waals surface area contributed by atoms with Crippen LogP contribution in [0.4, 0.5) is 39.5 Å². The molecule has 0 aromatic carbocycles. The number of rotatable bonds is 3. The molecule has 0 aromatic rings. The molecule has 0 N–H and O–H groups in total. The number of hydrogen-bond acceptors (Lipinski definition) is 0. The Bertz CT molecular complexity index is 289. The zero-order chi connectivity index (χ0) is 13.6. The Balaban J connectivity index is 5.62. The zero-order valence-corrected chi connectivity index (χ0v) is 9.14. The molecule has 0 aromatic heterocycles. The Morgan fingerprint density at radius 2 is 1.06 bits per heavy atom. The first-order chi connectivity index (χ1) is 6.69. The molecule has 0 unspecified atom stereocenters. The topological polar surface area (TPSA) is 0 Å². The maximum atomic E-state index is 12.5. The van der Waals surface area contributed by atoms with Gasteiger partial charge in [0.15, 0.2) is 0 Å². The van der Waals surface area contributed by atoms with Crippen LogP contribution < -0.4 is 0 Å². The second-order valence-corrected chi connectivity index (χ2v) is 3.93. The van der Waals surface area contributed by atoms with Crippen LogP contribution in [0.2, 0.25) is 0 Å². The Morgan fingerprint density at radius 1 is 0.750 bits per heavy atom. The maximum Gasteiger partial charge on any atom is 0.460 e. The summed E-state index contributed by atoms with van der Waals surface area (Å²) in [6.07, 6.45) is -6.79. The van der Waals surface area contributed by atoms with Crippen LogP contribution in [0.3, 0.4) is 0 Å². The Morgan fingerprint density at radius 3 is 1.25 bits per heavy atom. The van der Waals surface area contributed by atoms with Crippen molar-refractivity contribution < 1.29 is 39.5 Å². The van der Waals surface area contributed by atoms with E-state index in [1.807, 2.05) is 0 Å². The summed E-state index contributed by atoms with van der Waals surface area (Å²) in [5.41, 5.74) is 0. The normalized spacial score (nSPS) is 15.1. The largest absolute Gasteiger partial charge is 0.460 e. The molecule has 0 spiro atoms. The molecule has 0 aliphatic rings. The predicted octanol–water partition coefficient (Wildman–Crippen LogP) is 4.40. The van der Waals surface area contributed by atoms with Gasteiger partial charge in [-0.1, -0.05) is 6.58 Å². The third kappa shape index (κ3) is 2.12. The fourth-order valence-electron chi connectivity index (χ4n) is 0.546. The second kappa shape index (κ2) is 3.95. The van der Waals surface area contributed by atoms with Crippen LogP contribution in [0.1, 0.15) is 0 Å². The van der Waals surface area contributed by atoms with Crippen LogP contribution in [0.25, 0.3) is 0 Å². The Kier molecular flexibility index (Phi) is 3.91. The Hall–Kier alpha value is -0.160. The highest BCUT2D eigenvalue weighted by Gasteiger charge is 2.82. The van der Waals surface area contributed by atoms with Gasteiger partial charge in [-0.2, -0.15) is 39.5 Å². The van der Waals surface area contributed by atoms with Gasteiger partial charge in [-0.25, -0.2) is 0 Å². The lowest BCUT2D eigenvalue weighted by molar-refractivity contribution is -0.388. The van der Waals surface area contributed by atoms with Crippen molar-refractivity contribution in [2.24, 2.45) is 0 Å². The van der Waals surface area contributed by atoms with Gasteiger partial charge in [0.2, 0.25) is 0 Å². The summed E-state index contributed by atoms with van der Waals surface area (Å²) >= 11 is 0.453. The molecule has 16 heavy (non-hydrogen) atoms. The molecule has 0 saturated heterocycles. The first-order valence-corrected chi connectivity index (χ1v) is 4.32. The molecule has 0 heterocycles. The first-order valence-electron chi connectivity index (χ1n) is 3.24. The SMILES string of the molecule is C=C(I)C(F)(F)C(F)(F)C(F)(F)C(F)(F)F. The minimum absolute atomic E-state index is 0.453. The number of alkyl halides is 9. The number of hydrogen-bond donors (Lipinski definition) is 0. The van der Waals surface area contributed by atoms with E-state index in [0.29, 0.717) is 22.6 Å². The molecule has 0 atom stereocenters. The van der Waals surface area contributed by atoms with Gasteiger partial charge in [0.1, 0.15) is 0 Å². The van der Waals surface area contributed by atoms with Gasteiger partial charge in [0.05, 0.1) is 3.58 Å². The summed E-state index contributed by atoms with van der Waals surface area (Å²) in [4.78, 5) is 0. The minimum atomic E-state index is -6.85. The third-order valence-electron chi connectivity index (χ3n) is 1.49. The lowest BCUT2D eigenvalue weighted by atomic mass is 10.0. The molecule has 0 fully saturated rings. The van der Waals surface area contributed by atoms with E-state index in [9.17, 15) is 39.5 Å². The van der Waals surface area contributed by atoms with Crippen LogP contribution in [0.5, 0.6) is 0 Å². The lowest BCUT2D eigenvalue weighted by Crippen LogP contribution is -2.60. The number of halogens is 10. The van der Waals surface area contributed by atoms with Crippen LogP contribution >= 0.6 is 22.6 Å². The fraction of sp³-hybridized carbons (Fsp3) is 0.667. The average molecular weight is 372 g/mol. The highest BCUT2D eigenvalue weighted by molar-refractivity contribution is 14.1. The van der Waals surface area contributed by atoms with Crippen molar-refractivity contribution in [1.82, 2.24) is 0 Å². The van der Waals surface area contributed by atoms with E-state index in [2.05, 4.69) is 6.58 Å². The van der Waals surface area contributed by atoms with Crippen LogP contribution in [-0.4, -0.2) is 23.9 Å². The van der Waals surface area contributed by atoms with Gasteiger partial charge in [0, 0.05) is 0 Å². The summed E-state index contributed by atoms with van der Waals surface area (Å²) in [5.74, 6) is -19.1. The van der Waals surface area contributed by atoms with Crippen LogP contribution in [0.15, 0.2) is 10.2 Å². The molecule has 0 rings (SSSR count). The fourth-order valence-corrected chi connectivity index (χ4v) is 0.884. The van der Waals surface area contributed by atoms with E-state index < -0.39 is 27.5 Å². The van der Waals surface area contributed by atoms with Gasteiger partial charge in [0.25, 0.3) is 0 Å². The molecular formula is C6H2F9I. The summed E-state index contributed by atoms with van der Waals surface area (Å²) in [6, 6.07) is 0. The molecule has 0 aliphatic carbocycles. The van der Waals surface area contributed by atoms with Crippen molar-refractivity contribution in [2.75, 3.05) is 0 Å². The van der Waals surface area contributed by atoms with Crippen LogP contribution in [0, 0.1) is 0 Å². The Labute approximate surface area is 96.6 Å². The molecule has 0 amide bonds. The number of allylic oxidation sites excluding steroid dienone is 1. The van der Waals surface area contributed by atoms with Gasteiger partial charge >= 0.3 is 23.9 Å². The first kappa shape index (κ1) is 15.8. The second-order valence-electron chi connectivity index (χ2n) is 2.63. The van der Waals surface area contributed by atoms with Crippen molar-refractivity contribution in [1.29, 1.82) is 0 Å². The van der Waals surface area contributed by atoms with Gasteiger partial charge < -0.3 is 0 Å². The van der Waals surface area contributed by atoms with Gasteiger partial charge in [-0.05, 0) is 22.6 Å². The van der Waals surface area contributed by atoms with E-state index in [0.717, 1.165) is 0 Å². The van der Waals surface area contributed by atoms with Crippen molar-refractivity contribution in [3.8, 4) is 0 Å². The highest BCUT2D eigenvalue weighted by Crippen LogP contribution is 2.55. The zero-order valence-electron chi connectivity index (χ0n) is 6.99. The van der Waals surface area contributed by atoms with E-state index in [-0.39, 0.29) is 0 Å². The monoisotopic (exact) mass is 372 g/mol. The quantitative estimate of drug-likeness (QED) is 0.509. The average Bonchev–Trinajstić information content (AvgIpc) is 2.00. The molecular weight excluding hydrogens is 370 g/mol. The molecule has 0 nitrogen and oxygen atoms in total. The van der Waals surface area contributed by atoms with Gasteiger partial charge in [-0.3, -0.25) is 0 Å². The molecule has 96 valence electrons. The molecule has 0 saturated carbocycles. The van der Waals surface area contributed by atoms with Crippen molar-refractivity contribution in [3.63, 3.8) is 0 Å². The maximum absolute atomic E-state index is 12.5. The smallest absolute Gasteiger partial charge is 0.194 e. The van der Waals surface area contributed by atoms with E-state index in [4.69, 9.17) is 0 Å². The highest BCUT2D eigenvalue weighted by atomic mass is 127. The van der Waals surface area contributed by atoms with E-state index >= 15 is 0 Å².